The quantitative estimate of drug-likeness (QED) is 0.827. The van der Waals surface area contributed by atoms with Gasteiger partial charge in [0.15, 0.2) is 0 Å². The van der Waals surface area contributed by atoms with Crippen LogP contribution in [0.4, 0.5) is 0 Å². The zero-order valence-electron chi connectivity index (χ0n) is 6.60. The van der Waals surface area contributed by atoms with Gasteiger partial charge in [0, 0.05) is 14.9 Å². The zero-order valence-corrected chi connectivity index (χ0v) is 9.57. The monoisotopic (exact) mass is 282 g/mol. The summed E-state index contributed by atoms with van der Waals surface area (Å²) >= 11 is 4.00. The fourth-order valence-corrected chi connectivity index (χ4v) is 2.83. The summed E-state index contributed by atoms with van der Waals surface area (Å²) in [7, 11) is 0. The van der Waals surface area contributed by atoms with Gasteiger partial charge < -0.3 is 5.11 Å². The number of aliphatic hydroxyl groups is 1. The van der Waals surface area contributed by atoms with Crippen molar-refractivity contribution in [2.45, 2.75) is 25.9 Å². The smallest absolute Gasteiger partial charge is 0.0640 e. The van der Waals surface area contributed by atoms with Crippen LogP contribution in [0.15, 0.2) is 11.4 Å². The fraction of sp³-hybridized carbons (Fsp3) is 0.500. The SMILES string of the molecule is CC(C)(O)Cc1sccc1I. The van der Waals surface area contributed by atoms with Gasteiger partial charge in [-0.3, -0.25) is 0 Å². The van der Waals surface area contributed by atoms with E-state index in [1.807, 2.05) is 13.8 Å². The third kappa shape index (κ3) is 3.09. The first-order chi connectivity index (χ1) is 4.99. The zero-order chi connectivity index (χ0) is 8.48. The molecule has 0 spiro atoms. The molecule has 1 aromatic rings. The lowest BCUT2D eigenvalue weighted by molar-refractivity contribution is 0.0817. The molecule has 1 heterocycles. The van der Waals surface area contributed by atoms with Crippen LogP contribution in [0.2, 0.25) is 0 Å². The lowest BCUT2D eigenvalue weighted by atomic mass is 10.1. The lowest BCUT2D eigenvalue weighted by Crippen LogP contribution is -2.21. The first-order valence-corrected chi connectivity index (χ1v) is 5.39. The fourth-order valence-electron chi connectivity index (χ4n) is 0.844. The van der Waals surface area contributed by atoms with Gasteiger partial charge in [-0.2, -0.15) is 0 Å². The summed E-state index contributed by atoms with van der Waals surface area (Å²) < 4.78 is 1.26. The minimum Gasteiger partial charge on any atom is -0.390 e. The van der Waals surface area contributed by atoms with Crippen LogP contribution in [-0.4, -0.2) is 10.7 Å². The van der Waals surface area contributed by atoms with E-state index in [9.17, 15) is 5.11 Å². The molecule has 0 radical (unpaired) electrons. The predicted octanol–water partition coefficient (Wildman–Crippen LogP) is 2.67. The van der Waals surface area contributed by atoms with E-state index in [-0.39, 0.29) is 0 Å². The summed E-state index contributed by atoms with van der Waals surface area (Å²) in [5.41, 5.74) is -0.579. The Balaban J connectivity index is 2.72. The summed E-state index contributed by atoms with van der Waals surface area (Å²) in [6, 6.07) is 2.08. The van der Waals surface area contributed by atoms with Crippen LogP contribution in [0.25, 0.3) is 0 Å². The van der Waals surface area contributed by atoms with Crippen LogP contribution in [0.3, 0.4) is 0 Å². The Labute approximate surface area is 84.6 Å². The van der Waals surface area contributed by atoms with Crippen molar-refractivity contribution in [2.24, 2.45) is 0 Å². The molecular formula is C8H11IOS. The van der Waals surface area contributed by atoms with E-state index in [0.29, 0.717) is 0 Å². The van der Waals surface area contributed by atoms with E-state index in [1.165, 1.54) is 8.45 Å². The van der Waals surface area contributed by atoms with Crippen molar-refractivity contribution in [2.75, 3.05) is 0 Å². The summed E-state index contributed by atoms with van der Waals surface area (Å²) in [6.07, 6.45) is 0.753. The summed E-state index contributed by atoms with van der Waals surface area (Å²) in [4.78, 5) is 1.28. The average molecular weight is 282 g/mol. The topological polar surface area (TPSA) is 20.2 Å². The normalized spacial score (nSPS) is 12.0. The molecule has 1 N–H and O–H groups in total. The lowest BCUT2D eigenvalue weighted by Gasteiger charge is -2.15. The minimum absolute atomic E-state index is 0.579. The number of hydrogen-bond donors (Lipinski definition) is 1. The van der Waals surface area contributed by atoms with Crippen LogP contribution in [0, 0.1) is 3.57 Å². The maximum Gasteiger partial charge on any atom is 0.0640 e. The Bertz CT molecular complexity index is 236. The Morgan fingerprint density at radius 3 is 2.64 bits per heavy atom. The molecule has 62 valence electrons. The molecule has 1 nitrogen and oxygen atoms in total. The second-order valence-electron chi connectivity index (χ2n) is 3.18. The minimum atomic E-state index is -0.579. The highest BCUT2D eigenvalue weighted by atomic mass is 127. The Hall–Kier alpha value is 0.390. The van der Waals surface area contributed by atoms with Crippen molar-refractivity contribution in [3.8, 4) is 0 Å². The van der Waals surface area contributed by atoms with Gasteiger partial charge in [0.1, 0.15) is 0 Å². The van der Waals surface area contributed by atoms with Gasteiger partial charge >= 0.3 is 0 Å². The molecule has 11 heavy (non-hydrogen) atoms. The molecule has 1 aromatic heterocycles. The molecule has 0 bridgehead atoms. The highest BCUT2D eigenvalue weighted by Crippen LogP contribution is 2.23. The molecule has 0 aliphatic heterocycles. The second-order valence-corrected chi connectivity index (χ2v) is 5.34. The summed E-state index contributed by atoms with van der Waals surface area (Å²) in [6.45, 7) is 3.67. The van der Waals surface area contributed by atoms with Crippen molar-refractivity contribution in [3.63, 3.8) is 0 Å². The van der Waals surface area contributed by atoms with Crippen LogP contribution in [-0.2, 0) is 6.42 Å². The maximum absolute atomic E-state index is 9.52. The van der Waals surface area contributed by atoms with E-state index >= 15 is 0 Å². The standard InChI is InChI=1S/C8H11IOS/c1-8(2,10)5-7-6(9)3-4-11-7/h3-4,10H,5H2,1-2H3. The van der Waals surface area contributed by atoms with Gasteiger partial charge in [0.05, 0.1) is 5.60 Å². The van der Waals surface area contributed by atoms with E-state index in [1.54, 1.807) is 11.3 Å². The molecule has 3 heteroatoms. The van der Waals surface area contributed by atoms with Gasteiger partial charge in [-0.1, -0.05) is 0 Å². The van der Waals surface area contributed by atoms with Crippen molar-refractivity contribution in [1.82, 2.24) is 0 Å². The van der Waals surface area contributed by atoms with E-state index in [0.717, 1.165) is 6.42 Å². The van der Waals surface area contributed by atoms with Crippen LogP contribution >= 0.6 is 33.9 Å². The summed E-state index contributed by atoms with van der Waals surface area (Å²) in [5, 5.41) is 11.6. The van der Waals surface area contributed by atoms with Crippen molar-refractivity contribution >= 4 is 33.9 Å². The van der Waals surface area contributed by atoms with Crippen LogP contribution in [0.1, 0.15) is 18.7 Å². The molecule has 0 unspecified atom stereocenters. The van der Waals surface area contributed by atoms with E-state index in [2.05, 4.69) is 34.0 Å². The maximum atomic E-state index is 9.52. The predicted molar refractivity (Wildman–Crippen MR) is 57.0 cm³/mol. The third-order valence-electron chi connectivity index (χ3n) is 1.28. The molecule has 0 amide bonds. The number of rotatable bonds is 2. The van der Waals surface area contributed by atoms with Gasteiger partial charge in [0.2, 0.25) is 0 Å². The van der Waals surface area contributed by atoms with E-state index in [4.69, 9.17) is 0 Å². The van der Waals surface area contributed by atoms with Crippen LogP contribution < -0.4 is 0 Å². The number of halogens is 1. The molecule has 1 rings (SSSR count). The number of hydrogen-bond acceptors (Lipinski definition) is 2. The first kappa shape index (κ1) is 9.48. The Morgan fingerprint density at radius 2 is 2.27 bits per heavy atom. The van der Waals surface area contributed by atoms with Crippen molar-refractivity contribution in [1.29, 1.82) is 0 Å². The molecule has 0 aromatic carbocycles. The third-order valence-corrected chi connectivity index (χ3v) is 3.58. The Kier molecular flexibility index (Phi) is 2.94. The highest BCUT2D eigenvalue weighted by molar-refractivity contribution is 14.1. The molecule has 0 atom stereocenters. The van der Waals surface area contributed by atoms with Gasteiger partial charge in [-0.15, -0.1) is 11.3 Å². The van der Waals surface area contributed by atoms with Gasteiger partial charge in [-0.25, -0.2) is 0 Å². The molecular weight excluding hydrogens is 271 g/mol. The second kappa shape index (κ2) is 3.41. The molecule has 0 aliphatic rings. The molecule has 0 fully saturated rings. The van der Waals surface area contributed by atoms with Gasteiger partial charge in [-0.05, 0) is 47.9 Å². The molecule has 0 aliphatic carbocycles. The van der Waals surface area contributed by atoms with Crippen molar-refractivity contribution < 1.29 is 5.11 Å². The highest BCUT2D eigenvalue weighted by Gasteiger charge is 2.15. The van der Waals surface area contributed by atoms with Gasteiger partial charge in [0.25, 0.3) is 0 Å². The Morgan fingerprint density at radius 1 is 1.64 bits per heavy atom. The van der Waals surface area contributed by atoms with Crippen LogP contribution in [0.5, 0.6) is 0 Å². The van der Waals surface area contributed by atoms with E-state index < -0.39 is 5.60 Å². The largest absolute Gasteiger partial charge is 0.390 e. The summed E-state index contributed by atoms with van der Waals surface area (Å²) in [5.74, 6) is 0. The number of thiophene rings is 1. The molecule has 0 saturated heterocycles. The first-order valence-electron chi connectivity index (χ1n) is 3.43. The molecule has 0 saturated carbocycles. The van der Waals surface area contributed by atoms with Crippen molar-refractivity contribution in [3.05, 3.63) is 19.9 Å². The average Bonchev–Trinajstić information content (AvgIpc) is 2.12.